The molecule has 0 saturated heterocycles. The first kappa shape index (κ1) is 19.6. The molecule has 28 heavy (non-hydrogen) atoms. The number of carbonyl (C=O) groups is 2. The van der Waals surface area contributed by atoms with Gasteiger partial charge in [0.2, 0.25) is 0 Å². The van der Waals surface area contributed by atoms with Crippen LogP contribution in [0.2, 0.25) is 0 Å². The lowest BCUT2D eigenvalue weighted by Crippen LogP contribution is -2.21. The Kier molecular flexibility index (Phi) is 5.79. The molecule has 0 spiro atoms. The molecule has 2 aromatic heterocycles. The minimum absolute atomic E-state index is 0.165. The van der Waals surface area contributed by atoms with Gasteiger partial charge in [0.25, 0.3) is 5.91 Å². The van der Waals surface area contributed by atoms with E-state index in [9.17, 15) is 14.4 Å². The number of aryl methyl sites for hydroxylation is 1. The molecule has 3 rings (SSSR count). The van der Waals surface area contributed by atoms with Gasteiger partial charge in [-0.3, -0.25) is 4.79 Å². The molecule has 2 heterocycles. The molecular formula is C20H19NO6S. The maximum Gasteiger partial charge on any atom is 0.349 e. The number of benzene rings is 1. The van der Waals surface area contributed by atoms with Crippen molar-refractivity contribution in [1.82, 2.24) is 0 Å². The van der Waals surface area contributed by atoms with E-state index in [1.54, 1.807) is 31.2 Å². The van der Waals surface area contributed by atoms with Crippen molar-refractivity contribution in [2.75, 3.05) is 19.0 Å². The molecule has 1 amide bonds. The standard InChI is InChI=1S/C20H19NO6S/c1-4-13-10-15(19(23)26-5-2)18(28-13)21-17(22)14-9-11-8-12(25-3)6-7-16(11)27-20(14)24/h6-10H,4-5H2,1-3H3,(H,21,22). The molecule has 0 unspecified atom stereocenters. The molecule has 0 aliphatic carbocycles. The van der Waals surface area contributed by atoms with E-state index in [2.05, 4.69) is 5.32 Å². The van der Waals surface area contributed by atoms with Crippen molar-refractivity contribution in [2.45, 2.75) is 20.3 Å². The fraction of sp³-hybridized carbons (Fsp3) is 0.250. The predicted molar refractivity (Wildman–Crippen MR) is 107 cm³/mol. The fourth-order valence-corrected chi connectivity index (χ4v) is 3.61. The Hall–Kier alpha value is -3.13. The van der Waals surface area contributed by atoms with Crippen molar-refractivity contribution in [3.05, 3.63) is 56.8 Å². The van der Waals surface area contributed by atoms with Gasteiger partial charge in [-0.25, -0.2) is 9.59 Å². The minimum atomic E-state index is -0.764. The zero-order valence-corrected chi connectivity index (χ0v) is 16.5. The van der Waals surface area contributed by atoms with Gasteiger partial charge in [-0.15, -0.1) is 11.3 Å². The number of amides is 1. The van der Waals surface area contributed by atoms with Crippen LogP contribution in [0.15, 0.2) is 39.5 Å². The van der Waals surface area contributed by atoms with E-state index in [1.807, 2.05) is 6.92 Å². The summed E-state index contributed by atoms with van der Waals surface area (Å²) < 4.78 is 15.4. The van der Waals surface area contributed by atoms with Gasteiger partial charge in [-0.05, 0) is 43.7 Å². The zero-order chi connectivity index (χ0) is 20.3. The van der Waals surface area contributed by atoms with Crippen LogP contribution >= 0.6 is 11.3 Å². The zero-order valence-electron chi connectivity index (χ0n) is 15.7. The molecule has 0 saturated carbocycles. The van der Waals surface area contributed by atoms with E-state index in [0.29, 0.717) is 28.1 Å². The summed E-state index contributed by atoms with van der Waals surface area (Å²) in [6, 6.07) is 8.06. The number of ether oxygens (including phenoxy) is 2. The number of anilines is 1. The lowest BCUT2D eigenvalue weighted by molar-refractivity contribution is 0.0528. The van der Waals surface area contributed by atoms with Gasteiger partial charge >= 0.3 is 11.6 Å². The summed E-state index contributed by atoms with van der Waals surface area (Å²) >= 11 is 1.27. The van der Waals surface area contributed by atoms with E-state index < -0.39 is 17.5 Å². The Labute approximate surface area is 164 Å². The van der Waals surface area contributed by atoms with Crippen molar-refractivity contribution in [3.63, 3.8) is 0 Å². The lowest BCUT2D eigenvalue weighted by Gasteiger charge is -2.07. The molecule has 0 bridgehead atoms. The second-order valence-electron chi connectivity index (χ2n) is 5.83. The molecule has 0 radical (unpaired) electrons. The largest absolute Gasteiger partial charge is 0.497 e. The molecule has 0 aliphatic heterocycles. The van der Waals surface area contributed by atoms with E-state index in [1.165, 1.54) is 24.5 Å². The number of hydrogen-bond donors (Lipinski definition) is 1. The molecular weight excluding hydrogens is 382 g/mol. The van der Waals surface area contributed by atoms with E-state index in [0.717, 1.165) is 4.88 Å². The molecule has 7 nitrogen and oxygen atoms in total. The number of esters is 1. The summed E-state index contributed by atoms with van der Waals surface area (Å²) in [4.78, 5) is 38.0. The van der Waals surface area contributed by atoms with Crippen molar-refractivity contribution in [1.29, 1.82) is 0 Å². The molecule has 1 aromatic carbocycles. The van der Waals surface area contributed by atoms with Gasteiger partial charge < -0.3 is 19.2 Å². The summed E-state index contributed by atoms with van der Waals surface area (Å²) in [7, 11) is 1.52. The number of methoxy groups -OCH3 is 1. The first-order chi connectivity index (χ1) is 13.5. The van der Waals surface area contributed by atoms with Crippen molar-refractivity contribution in [3.8, 4) is 5.75 Å². The summed E-state index contributed by atoms with van der Waals surface area (Å²) in [5.74, 6) is -0.610. The van der Waals surface area contributed by atoms with E-state index in [-0.39, 0.29) is 17.7 Å². The third-order valence-corrected chi connectivity index (χ3v) is 5.23. The van der Waals surface area contributed by atoms with Gasteiger partial charge in [0, 0.05) is 10.3 Å². The monoisotopic (exact) mass is 401 g/mol. The number of nitrogens with one attached hydrogen (secondary N) is 1. The van der Waals surface area contributed by atoms with Crippen LogP contribution in [0.3, 0.4) is 0 Å². The molecule has 0 fully saturated rings. The van der Waals surface area contributed by atoms with Gasteiger partial charge in [0.05, 0.1) is 19.3 Å². The van der Waals surface area contributed by atoms with E-state index in [4.69, 9.17) is 13.9 Å². The summed E-state index contributed by atoms with van der Waals surface area (Å²) in [6.07, 6.45) is 0.699. The molecule has 146 valence electrons. The van der Waals surface area contributed by atoms with Crippen LogP contribution in [0.5, 0.6) is 5.75 Å². The minimum Gasteiger partial charge on any atom is -0.497 e. The average Bonchev–Trinajstić information content (AvgIpc) is 3.10. The van der Waals surface area contributed by atoms with Crippen LogP contribution in [0.1, 0.15) is 39.4 Å². The quantitative estimate of drug-likeness (QED) is 0.498. The average molecular weight is 401 g/mol. The molecule has 0 aliphatic rings. The normalized spacial score (nSPS) is 10.7. The highest BCUT2D eigenvalue weighted by molar-refractivity contribution is 7.16. The summed E-state index contributed by atoms with van der Waals surface area (Å²) in [6.45, 7) is 3.87. The van der Waals surface area contributed by atoms with Gasteiger partial charge in [0.1, 0.15) is 21.9 Å². The third kappa shape index (κ3) is 3.91. The van der Waals surface area contributed by atoms with Crippen molar-refractivity contribution in [2.24, 2.45) is 0 Å². The Morgan fingerprint density at radius 2 is 1.93 bits per heavy atom. The Balaban J connectivity index is 1.97. The molecule has 1 N–H and O–H groups in total. The van der Waals surface area contributed by atoms with Crippen LogP contribution in [-0.2, 0) is 11.2 Å². The smallest absolute Gasteiger partial charge is 0.349 e. The number of fused-ring (bicyclic) bond motifs is 1. The van der Waals surface area contributed by atoms with Gasteiger partial charge in [-0.1, -0.05) is 6.92 Å². The van der Waals surface area contributed by atoms with Crippen LogP contribution in [0.25, 0.3) is 11.0 Å². The summed E-state index contributed by atoms with van der Waals surface area (Å²) in [5, 5.41) is 3.53. The Morgan fingerprint density at radius 3 is 2.61 bits per heavy atom. The number of rotatable bonds is 6. The molecule has 8 heteroatoms. The summed E-state index contributed by atoms with van der Waals surface area (Å²) in [5.41, 5.74) is -0.315. The molecule has 3 aromatic rings. The second kappa shape index (κ2) is 8.26. The van der Waals surface area contributed by atoms with Gasteiger partial charge in [-0.2, -0.15) is 0 Å². The van der Waals surface area contributed by atoms with Crippen molar-refractivity contribution >= 4 is 39.2 Å². The van der Waals surface area contributed by atoms with Gasteiger partial charge in [0.15, 0.2) is 0 Å². The molecule has 0 atom stereocenters. The van der Waals surface area contributed by atoms with Crippen LogP contribution in [-0.4, -0.2) is 25.6 Å². The first-order valence-electron chi connectivity index (χ1n) is 8.69. The first-order valence-corrected chi connectivity index (χ1v) is 9.51. The van der Waals surface area contributed by atoms with Crippen LogP contribution < -0.4 is 15.7 Å². The SMILES string of the molecule is CCOC(=O)c1cc(CC)sc1NC(=O)c1cc2cc(OC)ccc2oc1=O. The van der Waals surface area contributed by atoms with E-state index >= 15 is 0 Å². The van der Waals surface area contributed by atoms with Crippen LogP contribution in [0, 0.1) is 0 Å². The topological polar surface area (TPSA) is 94.8 Å². The number of carbonyl (C=O) groups excluding carboxylic acids is 2. The lowest BCUT2D eigenvalue weighted by atomic mass is 10.1. The number of hydrogen-bond acceptors (Lipinski definition) is 7. The fourth-order valence-electron chi connectivity index (χ4n) is 2.63. The van der Waals surface area contributed by atoms with Crippen molar-refractivity contribution < 1.29 is 23.5 Å². The predicted octanol–water partition coefficient (Wildman–Crippen LogP) is 3.85. The maximum atomic E-state index is 12.7. The Morgan fingerprint density at radius 1 is 1.14 bits per heavy atom. The second-order valence-corrected chi connectivity index (χ2v) is 6.97. The highest BCUT2D eigenvalue weighted by Crippen LogP contribution is 2.30. The number of thiophene rings is 1. The third-order valence-electron chi connectivity index (χ3n) is 4.04. The maximum absolute atomic E-state index is 12.7. The van der Waals surface area contributed by atoms with Crippen LogP contribution in [0.4, 0.5) is 5.00 Å². The Bertz CT molecular complexity index is 1100. The highest BCUT2D eigenvalue weighted by atomic mass is 32.1. The highest BCUT2D eigenvalue weighted by Gasteiger charge is 2.21.